The van der Waals surface area contributed by atoms with Gasteiger partial charge in [-0.25, -0.2) is 0 Å². The van der Waals surface area contributed by atoms with Gasteiger partial charge in [0.1, 0.15) is 0 Å². The van der Waals surface area contributed by atoms with E-state index < -0.39 is 0 Å². The number of aliphatic hydroxyl groups excluding tert-OH is 1. The molecule has 21 heavy (non-hydrogen) atoms. The smallest absolute Gasteiger partial charge is 0.253 e. The summed E-state index contributed by atoms with van der Waals surface area (Å²) in [5.74, 6) is 5.93. The van der Waals surface area contributed by atoms with Crippen LogP contribution in [0, 0.1) is 24.2 Å². The lowest BCUT2D eigenvalue weighted by Gasteiger charge is -2.26. The van der Waals surface area contributed by atoms with E-state index in [0.717, 1.165) is 11.1 Å². The van der Waals surface area contributed by atoms with Crippen molar-refractivity contribution in [2.75, 3.05) is 20.2 Å². The number of rotatable bonds is 3. The lowest BCUT2D eigenvalue weighted by atomic mass is 9.96. The van der Waals surface area contributed by atoms with Crippen molar-refractivity contribution in [1.82, 2.24) is 4.90 Å². The normalized spacial score (nSPS) is 10.8. The van der Waals surface area contributed by atoms with E-state index in [1.54, 1.807) is 4.90 Å². The van der Waals surface area contributed by atoms with E-state index in [-0.39, 0.29) is 17.9 Å². The summed E-state index contributed by atoms with van der Waals surface area (Å²) in [6.07, 6.45) is 0.446. The third kappa shape index (κ3) is 5.61. The topological polar surface area (TPSA) is 40.5 Å². The predicted molar refractivity (Wildman–Crippen MR) is 86.2 cm³/mol. The predicted octanol–water partition coefficient (Wildman–Crippen LogP) is 2.85. The van der Waals surface area contributed by atoms with Gasteiger partial charge in [0.05, 0.1) is 6.61 Å². The van der Waals surface area contributed by atoms with Gasteiger partial charge in [-0.05, 0) is 30.0 Å². The molecule has 1 amide bonds. The molecule has 0 saturated carbocycles. The summed E-state index contributed by atoms with van der Waals surface area (Å²) in [5, 5.41) is 8.77. The first-order valence-corrected chi connectivity index (χ1v) is 7.20. The number of carbonyl (C=O) groups is 1. The van der Waals surface area contributed by atoms with Crippen LogP contribution in [-0.4, -0.2) is 36.1 Å². The maximum absolute atomic E-state index is 12.5. The van der Waals surface area contributed by atoms with Crippen LogP contribution < -0.4 is 0 Å². The van der Waals surface area contributed by atoms with Gasteiger partial charge >= 0.3 is 0 Å². The molecule has 1 aromatic carbocycles. The number of aliphatic hydroxyl groups is 1. The zero-order valence-electron chi connectivity index (χ0n) is 13.7. The van der Waals surface area contributed by atoms with E-state index >= 15 is 0 Å². The quantitative estimate of drug-likeness (QED) is 0.868. The summed E-state index contributed by atoms with van der Waals surface area (Å²) >= 11 is 0. The minimum atomic E-state index is 0.00938. The zero-order valence-corrected chi connectivity index (χ0v) is 13.7. The highest BCUT2D eigenvalue weighted by molar-refractivity contribution is 5.94. The summed E-state index contributed by atoms with van der Waals surface area (Å²) in [5.41, 5.74) is 2.60. The largest absolute Gasteiger partial charge is 0.395 e. The molecule has 0 bridgehead atoms. The highest BCUT2D eigenvalue weighted by Crippen LogP contribution is 2.17. The first kappa shape index (κ1) is 17.3. The molecule has 0 unspecified atom stereocenters. The Hall–Kier alpha value is -1.79. The molecule has 1 N–H and O–H groups in total. The molecule has 1 rings (SSSR count). The Morgan fingerprint density at radius 3 is 2.57 bits per heavy atom. The second-order valence-corrected chi connectivity index (χ2v) is 6.53. The van der Waals surface area contributed by atoms with Gasteiger partial charge in [0.15, 0.2) is 0 Å². The Kier molecular flexibility index (Phi) is 5.99. The molecule has 0 aliphatic carbocycles. The van der Waals surface area contributed by atoms with Crippen LogP contribution in [0.2, 0.25) is 0 Å². The maximum Gasteiger partial charge on any atom is 0.253 e. The van der Waals surface area contributed by atoms with Crippen LogP contribution in [-0.2, 0) is 0 Å². The minimum Gasteiger partial charge on any atom is -0.395 e. The van der Waals surface area contributed by atoms with Crippen molar-refractivity contribution >= 4 is 5.91 Å². The molecule has 0 aliphatic heterocycles. The van der Waals surface area contributed by atoms with Crippen molar-refractivity contribution in [2.45, 2.75) is 34.1 Å². The molecule has 0 radical (unpaired) electrons. The molecule has 3 nitrogen and oxygen atoms in total. The lowest BCUT2D eigenvalue weighted by Crippen LogP contribution is -2.34. The SMILES string of the molecule is Cc1ccc(C(=O)N(C)CC(C)(C)C)cc1C#CCCO. The summed E-state index contributed by atoms with van der Waals surface area (Å²) in [6.45, 7) is 9.05. The zero-order chi connectivity index (χ0) is 16.0. The van der Waals surface area contributed by atoms with Crippen molar-refractivity contribution in [3.8, 4) is 11.8 Å². The van der Waals surface area contributed by atoms with Crippen LogP contribution in [0.1, 0.15) is 48.7 Å². The fourth-order valence-electron chi connectivity index (χ4n) is 2.11. The number of aryl methyl sites for hydroxylation is 1. The molecular weight excluding hydrogens is 262 g/mol. The molecule has 0 aliphatic rings. The van der Waals surface area contributed by atoms with E-state index in [4.69, 9.17) is 5.11 Å². The van der Waals surface area contributed by atoms with E-state index in [1.807, 2.05) is 32.2 Å². The van der Waals surface area contributed by atoms with E-state index in [2.05, 4.69) is 32.6 Å². The molecule has 1 aromatic rings. The van der Waals surface area contributed by atoms with Crippen LogP contribution in [0.4, 0.5) is 0 Å². The van der Waals surface area contributed by atoms with Crippen molar-refractivity contribution in [3.63, 3.8) is 0 Å². The Labute approximate surface area is 128 Å². The number of nitrogens with zero attached hydrogens (tertiary/aromatic N) is 1. The maximum atomic E-state index is 12.5. The number of benzene rings is 1. The Balaban J connectivity index is 2.96. The van der Waals surface area contributed by atoms with Crippen LogP contribution in [0.5, 0.6) is 0 Å². The van der Waals surface area contributed by atoms with Gasteiger partial charge in [0.25, 0.3) is 5.91 Å². The number of hydrogen-bond acceptors (Lipinski definition) is 2. The minimum absolute atomic E-state index is 0.00938. The van der Waals surface area contributed by atoms with Crippen LogP contribution >= 0.6 is 0 Å². The average molecular weight is 287 g/mol. The van der Waals surface area contributed by atoms with Gasteiger partial charge in [0.2, 0.25) is 0 Å². The second-order valence-electron chi connectivity index (χ2n) is 6.53. The van der Waals surface area contributed by atoms with Crippen LogP contribution in [0.3, 0.4) is 0 Å². The summed E-state index contributed by atoms with van der Waals surface area (Å²) in [4.78, 5) is 14.2. The van der Waals surface area contributed by atoms with Gasteiger partial charge < -0.3 is 10.0 Å². The van der Waals surface area contributed by atoms with Crippen LogP contribution in [0.25, 0.3) is 0 Å². The van der Waals surface area contributed by atoms with Gasteiger partial charge in [-0.1, -0.05) is 38.7 Å². The Morgan fingerprint density at radius 1 is 1.33 bits per heavy atom. The number of hydrogen-bond donors (Lipinski definition) is 1. The monoisotopic (exact) mass is 287 g/mol. The first-order chi connectivity index (χ1) is 9.74. The summed E-state index contributed by atoms with van der Waals surface area (Å²) in [7, 11) is 1.82. The molecule has 0 aromatic heterocycles. The summed E-state index contributed by atoms with van der Waals surface area (Å²) in [6, 6.07) is 5.59. The van der Waals surface area contributed by atoms with Gasteiger partial charge in [-0.2, -0.15) is 0 Å². The van der Waals surface area contributed by atoms with E-state index in [1.165, 1.54) is 0 Å². The lowest BCUT2D eigenvalue weighted by molar-refractivity contribution is 0.0745. The number of amides is 1. The van der Waals surface area contributed by atoms with Crippen LogP contribution in [0.15, 0.2) is 18.2 Å². The number of carbonyl (C=O) groups excluding carboxylic acids is 1. The molecule has 0 heterocycles. The van der Waals surface area contributed by atoms with Gasteiger partial charge in [-0.3, -0.25) is 4.79 Å². The van der Waals surface area contributed by atoms with Crippen molar-refractivity contribution in [2.24, 2.45) is 5.41 Å². The highest BCUT2D eigenvalue weighted by Gasteiger charge is 2.19. The Morgan fingerprint density at radius 2 is 2.00 bits per heavy atom. The fraction of sp³-hybridized carbons (Fsp3) is 0.500. The fourth-order valence-corrected chi connectivity index (χ4v) is 2.11. The molecule has 3 heteroatoms. The molecule has 0 spiro atoms. The van der Waals surface area contributed by atoms with Gasteiger partial charge in [-0.15, -0.1) is 0 Å². The molecule has 0 fully saturated rings. The first-order valence-electron chi connectivity index (χ1n) is 7.20. The van der Waals surface area contributed by atoms with Crippen molar-refractivity contribution in [1.29, 1.82) is 0 Å². The van der Waals surface area contributed by atoms with Crippen molar-refractivity contribution in [3.05, 3.63) is 34.9 Å². The third-order valence-corrected chi connectivity index (χ3v) is 3.00. The molecule has 0 atom stereocenters. The van der Waals surface area contributed by atoms with E-state index in [0.29, 0.717) is 18.5 Å². The molecular formula is C18H25NO2. The average Bonchev–Trinajstić information content (AvgIpc) is 2.38. The second kappa shape index (κ2) is 7.28. The third-order valence-electron chi connectivity index (χ3n) is 3.00. The standard InChI is InChI=1S/C18H25NO2/c1-14-9-10-16(12-15(14)8-6-7-11-20)17(21)19(5)13-18(2,3)4/h9-10,12,20H,7,11,13H2,1-5H3. The Bertz CT molecular complexity index is 559. The van der Waals surface area contributed by atoms with Crippen molar-refractivity contribution < 1.29 is 9.90 Å². The van der Waals surface area contributed by atoms with E-state index in [9.17, 15) is 4.79 Å². The molecule has 114 valence electrons. The molecule has 0 saturated heterocycles. The summed E-state index contributed by atoms with van der Waals surface area (Å²) < 4.78 is 0. The van der Waals surface area contributed by atoms with Gasteiger partial charge in [0, 0.05) is 31.1 Å². The highest BCUT2D eigenvalue weighted by atomic mass is 16.2.